The average Bonchev–Trinajstić information content (AvgIpc) is 2.63. The van der Waals surface area contributed by atoms with E-state index in [-0.39, 0.29) is 18.4 Å². The van der Waals surface area contributed by atoms with Crippen LogP contribution in [0.1, 0.15) is 22.9 Å². The van der Waals surface area contributed by atoms with Crippen molar-refractivity contribution in [2.24, 2.45) is 0 Å². The van der Waals surface area contributed by atoms with E-state index in [0.29, 0.717) is 11.4 Å². The van der Waals surface area contributed by atoms with Crippen molar-refractivity contribution >= 4 is 11.6 Å². The first-order valence-corrected chi connectivity index (χ1v) is 7.82. The van der Waals surface area contributed by atoms with Crippen molar-refractivity contribution in [1.29, 1.82) is 0 Å². The predicted octanol–water partition coefficient (Wildman–Crippen LogP) is 3.11. The van der Waals surface area contributed by atoms with Gasteiger partial charge in [0.15, 0.2) is 0 Å². The molecule has 0 bridgehead atoms. The molecule has 1 amide bonds. The van der Waals surface area contributed by atoms with Crippen molar-refractivity contribution in [2.45, 2.75) is 12.5 Å². The maximum absolute atomic E-state index is 12.5. The zero-order valence-corrected chi connectivity index (χ0v) is 13.2. The predicted molar refractivity (Wildman–Crippen MR) is 95.2 cm³/mol. The van der Waals surface area contributed by atoms with Crippen molar-refractivity contribution in [2.75, 3.05) is 5.73 Å². The smallest absolute Gasteiger partial charge is 0.226 e. The van der Waals surface area contributed by atoms with E-state index in [2.05, 4.69) is 10.3 Å². The van der Waals surface area contributed by atoms with E-state index in [4.69, 9.17) is 5.73 Å². The highest BCUT2D eigenvalue weighted by Gasteiger charge is 2.16. The standard InChI is InChI=1S/C20H19N3O/c21-17-11-12-18(22-14-17)13-19(24)23-20(15-7-3-1-4-8-15)16-9-5-2-6-10-16/h1-12,14,20H,13,21H2,(H,23,24). The Morgan fingerprint density at radius 3 is 2.00 bits per heavy atom. The Morgan fingerprint density at radius 2 is 1.50 bits per heavy atom. The number of benzene rings is 2. The summed E-state index contributed by atoms with van der Waals surface area (Å²) < 4.78 is 0. The highest BCUT2D eigenvalue weighted by Crippen LogP contribution is 2.21. The molecule has 3 rings (SSSR count). The number of pyridine rings is 1. The maximum Gasteiger partial charge on any atom is 0.226 e. The lowest BCUT2D eigenvalue weighted by Gasteiger charge is -2.20. The van der Waals surface area contributed by atoms with Crippen molar-refractivity contribution in [1.82, 2.24) is 10.3 Å². The molecule has 0 saturated heterocycles. The highest BCUT2D eigenvalue weighted by atomic mass is 16.1. The molecule has 0 atom stereocenters. The van der Waals surface area contributed by atoms with Gasteiger partial charge in [0.2, 0.25) is 5.91 Å². The van der Waals surface area contributed by atoms with Gasteiger partial charge in [0.25, 0.3) is 0 Å². The van der Waals surface area contributed by atoms with E-state index >= 15 is 0 Å². The summed E-state index contributed by atoms with van der Waals surface area (Å²) in [6.45, 7) is 0. The summed E-state index contributed by atoms with van der Waals surface area (Å²) in [7, 11) is 0. The minimum absolute atomic E-state index is 0.0787. The normalized spacial score (nSPS) is 10.5. The van der Waals surface area contributed by atoms with Gasteiger partial charge in [-0.15, -0.1) is 0 Å². The van der Waals surface area contributed by atoms with Crippen molar-refractivity contribution in [3.63, 3.8) is 0 Å². The summed E-state index contributed by atoms with van der Waals surface area (Å²) in [6.07, 6.45) is 1.78. The summed E-state index contributed by atoms with van der Waals surface area (Å²) in [4.78, 5) is 16.7. The lowest BCUT2D eigenvalue weighted by molar-refractivity contribution is -0.121. The van der Waals surface area contributed by atoms with Crippen LogP contribution >= 0.6 is 0 Å². The number of rotatable bonds is 5. The molecule has 1 aromatic heterocycles. The van der Waals surface area contributed by atoms with Gasteiger partial charge in [0.05, 0.1) is 24.3 Å². The number of nitrogens with zero attached hydrogens (tertiary/aromatic N) is 1. The van der Waals surface area contributed by atoms with Gasteiger partial charge in [-0.2, -0.15) is 0 Å². The molecule has 1 heterocycles. The first-order chi connectivity index (χ1) is 11.7. The van der Waals surface area contributed by atoms with Crippen LogP contribution in [0.15, 0.2) is 79.0 Å². The molecule has 3 aromatic rings. The summed E-state index contributed by atoms with van der Waals surface area (Å²) >= 11 is 0. The Morgan fingerprint density at radius 1 is 0.917 bits per heavy atom. The maximum atomic E-state index is 12.5. The second-order valence-electron chi connectivity index (χ2n) is 5.58. The van der Waals surface area contributed by atoms with Crippen molar-refractivity contribution in [3.05, 3.63) is 95.8 Å². The van der Waals surface area contributed by atoms with Gasteiger partial charge in [-0.3, -0.25) is 9.78 Å². The third-order valence-corrected chi connectivity index (χ3v) is 3.76. The minimum Gasteiger partial charge on any atom is -0.397 e. The molecule has 0 fully saturated rings. The third kappa shape index (κ3) is 3.98. The van der Waals surface area contributed by atoms with Gasteiger partial charge in [-0.05, 0) is 23.3 Å². The van der Waals surface area contributed by atoms with E-state index in [0.717, 1.165) is 11.1 Å². The number of hydrogen-bond donors (Lipinski definition) is 2. The topological polar surface area (TPSA) is 68.0 Å². The molecule has 0 aliphatic heterocycles. The van der Waals surface area contributed by atoms with Gasteiger partial charge < -0.3 is 11.1 Å². The van der Waals surface area contributed by atoms with Gasteiger partial charge in [-0.1, -0.05) is 60.7 Å². The van der Waals surface area contributed by atoms with E-state index in [1.165, 1.54) is 0 Å². The molecule has 4 heteroatoms. The van der Waals surface area contributed by atoms with E-state index in [1.54, 1.807) is 18.3 Å². The summed E-state index contributed by atoms with van der Waals surface area (Å²) in [6, 6.07) is 23.2. The minimum atomic E-state index is -0.186. The van der Waals surface area contributed by atoms with Crippen LogP contribution in [-0.4, -0.2) is 10.9 Å². The Labute approximate surface area is 141 Å². The van der Waals surface area contributed by atoms with Crippen LogP contribution in [-0.2, 0) is 11.2 Å². The number of aromatic nitrogens is 1. The molecule has 24 heavy (non-hydrogen) atoms. The molecule has 0 radical (unpaired) electrons. The number of carbonyl (C=O) groups excluding carboxylic acids is 1. The molecule has 0 spiro atoms. The van der Waals surface area contributed by atoms with Crippen LogP contribution in [0.3, 0.4) is 0 Å². The summed E-state index contributed by atoms with van der Waals surface area (Å²) in [5, 5.41) is 3.10. The number of amides is 1. The van der Waals surface area contributed by atoms with Crippen LogP contribution < -0.4 is 11.1 Å². The first kappa shape index (κ1) is 15.7. The van der Waals surface area contributed by atoms with Crippen LogP contribution in [0.2, 0.25) is 0 Å². The lowest BCUT2D eigenvalue weighted by atomic mass is 9.98. The van der Waals surface area contributed by atoms with Crippen LogP contribution in [0, 0.1) is 0 Å². The van der Waals surface area contributed by atoms with E-state index in [9.17, 15) is 4.79 Å². The molecular weight excluding hydrogens is 298 g/mol. The van der Waals surface area contributed by atoms with Crippen LogP contribution in [0.5, 0.6) is 0 Å². The fraction of sp³-hybridized carbons (Fsp3) is 0.100. The Kier molecular flexibility index (Phi) is 4.87. The Bertz CT molecular complexity index is 747. The first-order valence-electron chi connectivity index (χ1n) is 7.82. The van der Waals surface area contributed by atoms with Crippen LogP contribution in [0.4, 0.5) is 5.69 Å². The SMILES string of the molecule is Nc1ccc(CC(=O)NC(c2ccccc2)c2ccccc2)nc1. The van der Waals surface area contributed by atoms with Crippen molar-refractivity contribution < 1.29 is 4.79 Å². The molecule has 4 nitrogen and oxygen atoms in total. The monoisotopic (exact) mass is 317 g/mol. The molecule has 120 valence electrons. The van der Waals surface area contributed by atoms with Gasteiger partial charge >= 0.3 is 0 Å². The largest absolute Gasteiger partial charge is 0.397 e. The van der Waals surface area contributed by atoms with Crippen molar-refractivity contribution in [3.8, 4) is 0 Å². The second kappa shape index (κ2) is 7.42. The number of nitrogens with two attached hydrogens (primary N) is 1. The van der Waals surface area contributed by atoms with E-state index < -0.39 is 0 Å². The third-order valence-electron chi connectivity index (χ3n) is 3.76. The number of nitrogen functional groups attached to an aromatic ring is 1. The molecule has 0 aliphatic carbocycles. The number of anilines is 1. The molecule has 0 unspecified atom stereocenters. The Hall–Kier alpha value is -3.14. The summed E-state index contributed by atoms with van der Waals surface area (Å²) in [5.41, 5.74) is 9.00. The fourth-order valence-corrected chi connectivity index (χ4v) is 2.57. The molecular formula is C20H19N3O. The molecule has 2 aromatic carbocycles. The summed E-state index contributed by atoms with van der Waals surface area (Å²) in [5.74, 6) is -0.0787. The molecule has 0 saturated carbocycles. The van der Waals surface area contributed by atoms with Crippen LogP contribution in [0.25, 0.3) is 0 Å². The van der Waals surface area contributed by atoms with Gasteiger partial charge in [0.1, 0.15) is 0 Å². The lowest BCUT2D eigenvalue weighted by Crippen LogP contribution is -2.30. The zero-order chi connectivity index (χ0) is 16.8. The fourth-order valence-electron chi connectivity index (χ4n) is 2.57. The van der Waals surface area contributed by atoms with E-state index in [1.807, 2.05) is 60.7 Å². The highest BCUT2D eigenvalue weighted by molar-refractivity contribution is 5.79. The quantitative estimate of drug-likeness (QED) is 0.760. The Balaban J connectivity index is 1.79. The van der Waals surface area contributed by atoms with Gasteiger partial charge in [-0.25, -0.2) is 0 Å². The number of hydrogen-bond acceptors (Lipinski definition) is 3. The molecule has 0 aliphatic rings. The average molecular weight is 317 g/mol. The zero-order valence-electron chi connectivity index (χ0n) is 13.2. The number of nitrogens with one attached hydrogen (secondary N) is 1. The number of carbonyl (C=O) groups is 1. The van der Waals surface area contributed by atoms with Gasteiger partial charge in [0, 0.05) is 5.69 Å². The second-order valence-corrected chi connectivity index (χ2v) is 5.58. The molecule has 3 N–H and O–H groups in total.